The Morgan fingerprint density at radius 1 is 1.42 bits per heavy atom. The van der Waals surface area contributed by atoms with Crippen LogP contribution in [0.25, 0.3) is 11.8 Å². The van der Waals surface area contributed by atoms with Crippen molar-refractivity contribution in [3.63, 3.8) is 0 Å². The number of carbonyl (C=O) groups excluding carboxylic acids is 1. The Morgan fingerprint density at radius 3 is 3.04 bits per heavy atom. The summed E-state index contributed by atoms with van der Waals surface area (Å²) in [6, 6.07) is 8.63. The van der Waals surface area contributed by atoms with E-state index in [0.717, 1.165) is 5.69 Å². The van der Waals surface area contributed by atoms with Gasteiger partial charge in [-0.3, -0.25) is 4.79 Å². The monoisotopic (exact) mass is 338 g/mol. The highest BCUT2D eigenvalue weighted by atomic mass is 35.5. The van der Waals surface area contributed by atoms with Crippen LogP contribution in [-0.2, 0) is 4.79 Å². The van der Waals surface area contributed by atoms with Crippen LogP contribution in [0.5, 0.6) is 0 Å². The van der Waals surface area contributed by atoms with E-state index in [1.807, 2.05) is 0 Å². The fraction of sp³-hybridized carbons (Fsp3) is 0. The number of nitrogens with zero attached hydrogens (tertiary/aromatic N) is 4. The molecule has 0 unspecified atom stereocenters. The van der Waals surface area contributed by atoms with Crippen LogP contribution in [0.3, 0.4) is 0 Å². The summed E-state index contributed by atoms with van der Waals surface area (Å²) >= 11 is 5.88. The smallest absolute Gasteiger partial charge is 0.249 e. The number of anilines is 1. The Bertz CT molecular complexity index is 936. The predicted molar refractivity (Wildman–Crippen MR) is 89.5 cm³/mol. The van der Waals surface area contributed by atoms with Crippen LogP contribution >= 0.6 is 11.6 Å². The lowest BCUT2D eigenvalue weighted by molar-refractivity contribution is -0.111. The third kappa shape index (κ3) is 3.51. The van der Waals surface area contributed by atoms with Crippen molar-refractivity contribution in [1.29, 1.82) is 5.26 Å². The normalized spacial score (nSPS) is 10.7. The SMILES string of the molecule is N#Cc1cc(Cl)ccc1-n1ccc(NC(=O)/C=C/c2cnc[nH]2)n1. The Hall–Kier alpha value is -3.37. The lowest BCUT2D eigenvalue weighted by Gasteiger charge is -2.04. The van der Waals surface area contributed by atoms with Crippen molar-refractivity contribution in [1.82, 2.24) is 19.7 Å². The van der Waals surface area contributed by atoms with Gasteiger partial charge in [0.15, 0.2) is 5.82 Å². The quantitative estimate of drug-likeness (QED) is 0.714. The van der Waals surface area contributed by atoms with Crippen LogP contribution in [-0.4, -0.2) is 25.7 Å². The Balaban J connectivity index is 1.74. The number of benzene rings is 1. The van der Waals surface area contributed by atoms with Gasteiger partial charge in [0, 0.05) is 23.4 Å². The molecule has 3 aromatic rings. The van der Waals surface area contributed by atoms with E-state index in [1.165, 1.54) is 17.1 Å². The summed E-state index contributed by atoms with van der Waals surface area (Å²) in [5, 5.41) is 16.5. The van der Waals surface area contributed by atoms with E-state index in [-0.39, 0.29) is 5.91 Å². The predicted octanol–water partition coefficient (Wildman–Crippen LogP) is 2.77. The van der Waals surface area contributed by atoms with Gasteiger partial charge in [0.1, 0.15) is 6.07 Å². The molecule has 0 aliphatic heterocycles. The van der Waals surface area contributed by atoms with E-state index in [1.54, 1.807) is 42.7 Å². The molecule has 0 aliphatic rings. The van der Waals surface area contributed by atoms with Crippen molar-refractivity contribution in [2.75, 3.05) is 5.32 Å². The fourth-order valence-electron chi connectivity index (χ4n) is 2.01. The molecule has 3 rings (SSSR count). The average Bonchev–Trinajstić information content (AvgIpc) is 3.24. The van der Waals surface area contributed by atoms with Gasteiger partial charge in [0.25, 0.3) is 0 Å². The van der Waals surface area contributed by atoms with Gasteiger partial charge in [-0.2, -0.15) is 10.4 Å². The number of nitrogens with one attached hydrogen (secondary N) is 2. The molecule has 2 aromatic heterocycles. The number of rotatable bonds is 4. The maximum Gasteiger partial charge on any atom is 0.249 e. The first-order chi connectivity index (χ1) is 11.7. The minimum atomic E-state index is -0.327. The molecule has 1 amide bonds. The highest BCUT2D eigenvalue weighted by molar-refractivity contribution is 6.30. The Morgan fingerprint density at radius 2 is 2.29 bits per heavy atom. The van der Waals surface area contributed by atoms with Crippen molar-refractivity contribution in [2.45, 2.75) is 0 Å². The number of carbonyl (C=O) groups is 1. The summed E-state index contributed by atoms with van der Waals surface area (Å²) in [4.78, 5) is 18.6. The van der Waals surface area contributed by atoms with Gasteiger partial charge < -0.3 is 10.3 Å². The molecular formula is C16H11ClN6O. The van der Waals surface area contributed by atoms with Crippen molar-refractivity contribution < 1.29 is 4.79 Å². The highest BCUT2D eigenvalue weighted by Gasteiger charge is 2.08. The zero-order chi connectivity index (χ0) is 16.9. The minimum Gasteiger partial charge on any atom is -0.345 e. The van der Waals surface area contributed by atoms with Gasteiger partial charge in [0.2, 0.25) is 5.91 Å². The van der Waals surface area contributed by atoms with Gasteiger partial charge in [-0.05, 0) is 24.3 Å². The second-order valence-electron chi connectivity index (χ2n) is 4.75. The summed E-state index contributed by atoms with van der Waals surface area (Å²) in [5.41, 5.74) is 1.69. The number of imidazole rings is 1. The van der Waals surface area contributed by atoms with Gasteiger partial charge in [0.05, 0.1) is 29.5 Å². The molecule has 1 aromatic carbocycles. The molecule has 7 nitrogen and oxygen atoms in total. The van der Waals surface area contributed by atoms with Gasteiger partial charge in [-0.25, -0.2) is 9.67 Å². The third-order valence-corrected chi connectivity index (χ3v) is 3.33. The Labute approximate surface area is 142 Å². The number of amides is 1. The van der Waals surface area contributed by atoms with Crippen LogP contribution in [0.4, 0.5) is 5.82 Å². The number of aromatic nitrogens is 4. The maximum atomic E-state index is 11.9. The fourth-order valence-corrected chi connectivity index (χ4v) is 2.19. The van der Waals surface area contributed by atoms with Crippen LogP contribution in [0.1, 0.15) is 11.3 Å². The van der Waals surface area contributed by atoms with Crippen LogP contribution in [0.15, 0.2) is 49.1 Å². The zero-order valence-electron chi connectivity index (χ0n) is 12.3. The molecule has 0 atom stereocenters. The lowest BCUT2D eigenvalue weighted by atomic mass is 10.2. The molecule has 0 saturated heterocycles. The molecule has 0 spiro atoms. The van der Waals surface area contributed by atoms with Crippen molar-refractivity contribution in [3.8, 4) is 11.8 Å². The standard InChI is InChI=1S/C16H11ClN6O/c17-12-1-3-14(11(7-12)8-18)23-6-5-15(22-23)21-16(24)4-2-13-9-19-10-20-13/h1-7,9-10H,(H,19,20)(H,21,22,24)/b4-2+. The van der Waals surface area contributed by atoms with E-state index < -0.39 is 0 Å². The molecule has 0 saturated carbocycles. The molecule has 0 fully saturated rings. The zero-order valence-corrected chi connectivity index (χ0v) is 13.0. The molecule has 0 aliphatic carbocycles. The second kappa shape index (κ2) is 6.81. The van der Waals surface area contributed by atoms with E-state index in [9.17, 15) is 10.1 Å². The minimum absolute atomic E-state index is 0.327. The maximum absolute atomic E-state index is 11.9. The van der Waals surface area contributed by atoms with Crippen molar-refractivity contribution in [3.05, 3.63) is 65.3 Å². The summed E-state index contributed by atoms with van der Waals surface area (Å²) in [6.45, 7) is 0. The van der Waals surface area contributed by atoms with Crippen LogP contribution in [0, 0.1) is 11.3 Å². The Kier molecular flexibility index (Phi) is 4.40. The highest BCUT2D eigenvalue weighted by Crippen LogP contribution is 2.19. The van der Waals surface area contributed by atoms with Gasteiger partial charge in [-0.1, -0.05) is 11.6 Å². The number of halogens is 1. The summed E-state index contributed by atoms with van der Waals surface area (Å²) in [5.74, 6) is 0.0413. The molecule has 2 N–H and O–H groups in total. The first kappa shape index (κ1) is 15.5. The van der Waals surface area contributed by atoms with E-state index in [2.05, 4.69) is 26.5 Å². The average molecular weight is 339 g/mol. The van der Waals surface area contributed by atoms with Crippen molar-refractivity contribution in [2.24, 2.45) is 0 Å². The van der Waals surface area contributed by atoms with E-state index in [4.69, 9.17) is 11.6 Å². The molecule has 118 valence electrons. The van der Waals surface area contributed by atoms with Gasteiger partial charge in [-0.15, -0.1) is 0 Å². The summed E-state index contributed by atoms with van der Waals surface area (Å²) < 4.78 is 1.50. The largest absolute Gasteiger partial charge is 0.345 e. The van der Waals surface area contributed by atoms with Crippen LogP contribution < -0.4 is 5.32 Å². The first-order valence-electron chi connectivity index (χ1n) is 6.89. The molecule has 2 heterocycles. The number of hydrogen-bond acceptors (Lipinski definition) is 4. The first-order valence-corrected chi connectivity index (χ1v) is 7.26. The molecule has 0 bridgehead atoms. The van der Waals surface area contributed by atoms with Crippen LogP contribution in [0.2, 0.25) is 5.02 Å². The van der Waals surface area contributed by atoms with E-state index in [0.29, 0.717) is 22.1 Å². The molecule has 8 heteroatoms. The second-order valence-corrected chi connectivity index (χ2v) is 5.18. The topological polar surface area (TPSA) is 99.4 Å². The number of aromatic amines is 1. The number of H-pyrrole nitrogens is 1. The van der Waals surface area contributed by atoms with Crippen molar-refractivity contribution >= 4 is 29.4 Å². The molecular weight excluding hydrogens is 328 g/mol. The molecule has 0 radical (unpaired) electrons. The van der Waals surface area contributed by atoms with Gasteiger partial charge >= 0.3 is 0 Å². The number of hydrogen-bond donors (Lipinski definition) is 2. The lowest BCUT2D eigenvalue weighted by Crippen LogP contribution is -2.09. The summed E-state index contributed by atoms with van der Waals surface area (Å²) in [6.07, 6.45) is 7.75. The van der Waals surface area contributed by atoms with E-state index >= 15 is 0 Å². The third-order valence-electron chi connectivity index (χ3n) is 3.10. The number of nitriles is 1. The molecule has 24 heavy (non-hydrogen) atoms. The summed E-state index contributed by atoms with van der Waals surface area (Å²) in [7, 11) is 0.